The number of carbonyl (C=O) groups is 1. The molecule has 0 spiro atoms. The van der Waals surface area contributed by atoms with Crippen LogP contribution in [0.25, 0.3) is 0 Å². The zero-order chi connectivity index (χ0) is 15.3. The first-order valence-corrected chi connectivity index (χ1v) is 6.57. The third kappa shape index (κ3) is 2.74. The predicted molar refractivity (Wildman–Crippen MR) is 65.2 cm³/mol. The summed E-state index contributed by atoms with van der Waals surface area (Å²) in [4.78, 5) is 13.1. The van der Waals surface area contributed by atoms with Crippen LogP contribution in [-0.4, -0.2) is 36.6 Å². The number of likely N-dealkylation sites (tertiary alicyclic amines) is 1. The molecular weight excluding hydrogens is 290 g/mol. The van der Waals surface area contributed by atoms with Gasteiger partial charge in [0, 0.05) is 13.0 Å². The second kappa shape index (κ2) is 4.69. The largest absolute Gasteiger partial charge is 0.416 e. The first kappa shape index (κ1) is 14.3. The van der Waals surface area contributed by atoms with Crippen LogP contribution in [0.1, 0.15) is 17.5 Å². The molecule has 21 heavy (non-hydrogen) atoms. The second-order valence-corrected chi connectivity index (χ2v) is 5.38. The summed E-state index contributed by atoms with van der Waals surface area (Å²) in [5, 5.41) is 0. The molecule has 2 unspecified atom stereocenters. The van der Waals surface area contributed by atoms with E-state index in [9.17, 15) is 22.4 Å². The molecule has 0 aliphatic carbocycles. The van der Waals surface area contributed by atoms with E-state index in [1.54, 1.807) is 0 Å². The number of nitrogens with zero attached hydrogens (tertiary/aromatic N) is 1. The van der Waals surface area contributed by atoms with Gasteiger partial charge in [0.15, 0.2) is 11.8 Å². The summed E-state index contributed by atoms with van der Waals surface area (Å²) in [6.07, 6.45) is -5.02. The molecule has 114 valence electrons. The van der Waals surface area contributed by atoms with E-state index in [4.69, 9.17) is 4.74 Å². The van der Waals surface area contributed by atoms with Gasteiger partial charge in [-0.1, -0.05) is 12.1 Å². The highest BCUT2D eigenvalue weighted by Crippen LogP contribution is 2.39. The maximum Gasteiger partial charge on any atom is 0.416 e. The fourth-order valence-corrected chi connectivity index (χ4v) is 2.57. The minimum Gasteiger partial charge on any atom is -0.363 e. The van der Waals surface area contributed by atoms with Crippen molar-refractivity contribution in [3.8, 4) is 0 Å². The van der Waals surface area contributed by atoms with Gasteiger partial charge in [-0.05, 0) is 17.7 Å². The molecule has 0 radical (unpaired) electrons. The van der Waals surface area contributed by atoms with E-state index in [0.717, 1.165) is 12.1 Å². The van der Waals surface area contributed by atoms with Crippen LogP contribution in [0.5, 0.6) is 0 Å². The first-order chi connectivity index (χ1) is 9.79. The van der Waals surface area contributed by atoms with Crippen LogP contribution in [0.3, 0.4) is 0 Å². The van der Waals surface area contributed by atoms with Gasteiger partial charge < -0.3 is 9.64 Å². The number of alkyl halides is 4. The first-order valence-electron chi connectivity index (χ1n) is 6.57. The Balaban J connectivity index is 1.81. The molecule has 0 saturated carbocycles. The Morgan fingerprint density at radius 2 is 2.10 bits per heavy atom. The van der Waals surface area contributed by atoms with Gasteiger partial charge >= 0.3 is 6.18 Å². The normalized spacial score (nSPS) is 28.8. The molecule has 2 aliphatic rings. The van der Waals surface area contributed by atoms with Gasteiger partial charge in [0.2, 0.25) is 0 Å². The third-order valence-corrected chi connectivity index (χ3v) is 3.85. The lowest BCUT2D eigenvalue weighted by atomic mass is 9.93. The highest BCUT2D eigenvalue weighted by molar-refractivity contribution is 5.83. The highest BCUT2D eigenvalue weighted by Gasteiger charge is 2.46. The van der Waals surface area contributed by atoms with Crippen LogP contribution in [0.2, 0.25) is 0 Å². The number of hydrogen-bond donors (Lipinski definition) is 0. The monoisotopic (exact) mass is 303 g/mol. The number of amides is 1. The molecule has 2 heterocycles. The Morgan fingerprint density at radius 1 is 1.38 bits per heavy atom. The van der Waals surface area contributed by atoms with Crippen LogP contribution < -0.4 is 0 Å². The Bertz CT molecular complexity index is 570. The molecule has 1 aromatic rings. The SMILES string of the molecule is O=C(C1CO1)N1CCC(F)(c2cccc(C(F)(F)F)c2)C1. The maximum atomic E-state index is 14.9. The number of carbonyl (C=O) groups excluding carboxylic acids is 1. The van der Waals surface area contributed by atoms with E-state index in [0.29, 0.717) is 6.61 Å². The van der Waals surface area contributed by atoms with Crippen molar-refractivity contribution >= 4 is 5.91 Å². The van der Waals surface area contributed by atoms with Gasteiger partial charge in [-0.2, -0.15) is 13.2 Å². The number of halogens is 4. The fourth-order valence-electron chi connectivity index (χ4n) is 2.57. The van der Waals surface area contributed by atoms with Crippen molar-refractivity contribution in [1.29, 1.82) is 0 Å². The minimum absolute atomic E-state index is 0.00717. The maximum absolute atomic E-state index is 14.9. The van der Waals surface area contributed by atoms with E-state index in [-0.39, 0.29) is 31.0 Å². The minimum atomic E-state index is -4.51. The summed E-state index contributed by atoms with van der Waals surface area (Å²) in [6, 6.07) is 4.25. The van der Waals surface area contributed by atoms with Gasteiger partial charge in [-0.25, -0.2) is 4.39 Å². The Hall–Kier alpha value is -1.63. The molecule has 2 saturated heterocycles. The molecule has 0 N–H and O–H groups in total. The average molecular weight is 303 g/mol. The molecule has 2 fully saturated rings. The molecule has 0 aromatic heterocycles. The fraction of sp³-hybridized carbons (Fsp3) is 0.500. The second-order valence-electron chi connectivity index (χ2n) is 5.38. The average Bonchev–Trinajstić information content (AvgIpc) is 3.20. The Labute approximate surface area is 118 Å². The highest BCUT2D eigenvalue weighted by atomic mass is 19.4. The molecule has 3 nitrogen and oxygen atoms in total. The summed E-state index contributed by atoms with van der Waals surface area (Å²) in [7, 11) is 0. The molecular formula is C14H13F4NO2. The molecule has 2 aliphatic heterocycles. The van der Waals surface area contributed by atoms with Gasteiger partial charge in [-0.15, -0.1) is 0 Å². The third-order valence-electron chi connectivity index (χ3n) is 3.85. The lowest BCUT2D eigenvalue weighted by Crippen LogP contribution is -2.35. The zero-order valence-electron chi connectivity index (χ0n) is 11.0. The number of hydrogen-bond acceptors (Lipinski definition) is 2. The van der Waals surface area contributed by atoms with E-state index in [2.05, 4.69) is 0 Å². The summed E-state index contributed by atoms with van der Waals surface area (Å²) < 4.78 is 57.8. The van der Waals surface area contributed by atoms with Crippen LogP contribution in [-0.2, 0) is 21.4 Å². The molecule has 3 rings (SSSR count). The molecule has 7 heteroatoms. The van der Waals surface area contributed by atoms with Crippen molar-refractivity contribution in [2.75, 3.05) is 19.7 Å². The summed E-state index contributed by atoms with van der Waals surface area (Å²) >= 11 is 0. The Kier molecular flexibility index (Phi) is 3.20. The summed E-state index contributed by atoms with van der Waals surface area (Å²) in [5.74, 6) is -0.290. The van der Waals surface area contributed by atoms with Gasteiger partial charge in [0.05, 0.1) is 18.7 Å². The smallest absolute Gasteiger partial charge is 0.363 e. The molecule has 1 amide bonds. The van der Waals surface area contributed by atoms with E-state index in [1.807, 2.05) is 0 Å². The number of ether oxygens (including phenoxy) is 1. The van der Waals surface area contributed by atoms with Crippen molar-refractivity contribution in [1.82, 2.24) is 4.90 Å². The summed E-state index contributed by atoms with van der Waals surface area (Å²) in [5.41, 5.74) is -2.86. The van der Waals surface area contributed by atoms with Crippen LogP contribution >= 0.6 is 0 Å². The van der Waals surface area contributed by atoms with Crippen LogP contribution in [0.4, 0.5) is 17.6 Å². The molecule has 0 bridgehead atoms. The summed E-state index contributed by atoms with van der Waals surface area (Å²) in [6.45, 7) is 0.288. The van der Waals surface area contributed by atoms with Crippen molar-refractivity contribution in [2.45, 2.75) is 24.4 Å². The van der Waals surface area contributed by atoms with E-state index >= 15 is 0 Å². The van der Waals surface area contributed by atoms with Gasteiger partial charge in [0.1, 0.15) is 0 Å². The zero-order valence-corrected chi connectivity index (χ0v) is 11.0. The van der Waals surface area contributed by atoms with Crippen LogP contribution in [0, 0.1) is 0 Å². The predicted octanol–water partition coefficient (Wildman–Crippen LogP) is 2.50. The van der Waals surface area contributed by atoms with E-state index in [1.165, 1.54) is 17.0 Å². The molecule has 1 aromatic carbocycles. The topological polar surface area (TPSA) is 32.8 Å². The quantitative estimate of drug-likeness (QED) is 0.621. The van der Waals surface area contributed by atoms with Crippen molar-refractivity contribution < 1.29 is 27.1 Å². The van der Waals surface area contributed by atoms with E-state index < -0.39 is 23.5 Å². The number of rotatable bonds is 2. The standard InChI is InChI=1S/C14H13F4NO2/c15-13(4-5-19(8-13)12(20)11-7-21-11)9-2-1-3-10(6-9)14(16,17)18/h1-3,6,11H,4-5,7-8H2. The van der Waals surface area contributed by atoms with Crippen LogP contribution in [0.15, 0.2) is 24.3 Å². The lowest BCUT2D eigenvalue weighted by molar-refractivity contribution is -0.137. The Morgan fingerprint density at radius 3 is 2.71 bits per heavy atom. The van der Waals surface area contributed by atoms with Crippen molar-refractivity contribution in [3.63, 3.8) is 0 Å². The van der Waals surface area contributed by atoms with Crippen molar-refractivity contribution in [2.24, 2.45) is 0 Å². The van der Waals surface area contributed by atoms with Gasteiger partial charge in [-0.3, -0.25) is 4.79 Å². The number of epoxide rings is 1. The van der Waals surface area contributed by atoms with Gasteiger partial charge in [0.25, 0.3) is 5.91 Å². The van der Waals surface area contributed by atoms with Crippen molar-refractivity contribution in [3.05, 3.63) is 35.4 Å². The number of benzene rings is 1. The molecule has 2 atom stereocenters. The lowest BCUT2D eigenvalue weighted by Gasteiger charge is -2.22.